The molecule has 3 aromatic rings. The number of nitrogens with zero attached hydrogens (tertiary/aromatic N) is 1. The summed E-state index contributed by atoms with van der Waals surface area (Å²) in [4.78, 5) is 12.8. The van der Waals surface area contributed by atoms with Crippen molar-refractivity contribution in [2.75, 3.05) is 0 Å². The van der Waals surface area contributed by atoms with Gasteiger partial charge in [0, 0.05) is 53.1 Å². The van der Waals surface area contributed by atoms with Crippen molar-refractivity contribution < 1.29 is 126 Å². The first-order valence-corrected chi connectivity index (χ1v) is 8.35. The Hall–Kier alpha value is 0.171. The van der Waals surface area contributed by atoms with Crippen LogP contribution in [-0.2, 0) is 64.3 Å². The first kappa shape index (κ1) is 32.4. The number of hydrogen-bond acceptors (Lipinski definition) is 3. The van der Waals surface area contributed by atoms with Crippen LogP contribution in [0.5, 0.6) is 0 Å². The van der Waals surface area contributed by atoms with E-state index in [1.54, 1.807) is 0 Å². The molecular formula is C23H21NO3RbReY-3. The molecule has 0 spiro atoms. The molecule has 0 unspecified atom stereocenters. The van der Waals surface area contributed by atoms with Crippen LogP contribution in [0.4, 0.5) is 0 Å². The van der Waals surface area contributed by atoms with E-state index in [2.05, 4.69) is 56.8 Å². The molecule has 1 heterocycles. The molecule has 0 amide bonds. The number of hydrogen-bond donors (Lipinski definition) is 1. The Morgan fingerprint density at radius 1 is 1.30 bits per heavy atom. The monoisotopic (exact) mass is 720 g/mol. The second-order valence-corrected chi connectivity index (χ2v) is 6.10. The van der Waals surface area contributed by atoms with Crippen molar-refractivity contribution in [3.05, 3.63) is 96.6 Å². The summed E-state index contributed by atoms with van der Waals surface area (Å²) in [5.41, 5.74) is 6.04. The summed E-state index contributed by atoms with van der Waals surface area (Å²) in [6, 6.07) is 16.1. The fourth-order valence-corrected chi connectivity index (χ4v) is 2.52. The number of aliphatic hydroxyl groups excluding tert-OH is 1. The van der Waals surface area contributed by atoms with Gasteiger partial charge in [-0.15, -0.1) is 12.1 Å². The third-order valence-corrected chi connectivity index (χ3v) is 4.17. The van der Waals surface area contributed by atoms with E-state index in [9.17, 15) is 0 Å². The standard InChI is InChI=1S/C22H20NO.CHO2.Rb.Re.Y/c1-15-10-11-20(12-16(15)2)18(4)17(3)13-21-14-24-22(23-21)19-8-6-5-7-9-19;2-1-3;;;/h5-12H,2,4,13H2,1,3H3;(H,2,3);;;/q-3;-1;+1;;. The molecule has 2 radical (unpaired) electrons. The van der Waals surface area contributed by atoms with Crippen LogP contribution in [-0.4, -0.2) is 16.6 Å². The molecule has 4 nitrogen and oxygen atoms in total. The molecule has 150 valence electrons. The van der Waals surface area contributed by atoms with Crippen LogP contribution in [0.3, 0.4) is 0 Å². The van der Waals surface area contributed by atoms with Gasteiger partial charge in [-0.1, -0.05) is 63.3 Å². The Bertz CT molecular complexity index is 916. The maximum absolute atomic E-state index is 8.24. The van der Waals surface area contributed by atoms with E-state index >= 15 is 0 Å². The molecule has 30 heavy (non-hydrogen) atoms. The van der Waals surface area contributed by atoms with Crippen LogP contribution in [0.2, 0.25) is 0 Å². The maximum atomic E-state index is 8.24. The van der Waals surface area contributed by atoms with E-state index in [0.29, 0.717) is 18.8 Å². The SMILES string of the molecule is C=C(c1ccc(C)c([CH2-])c1)[C-](C)Cc1[c-]oc(-c2ccccc2)n1.O=[C-]O.[Rb+].[Re].[Y]. The smallest absolute Gasteiger partial charge is 0.665 e. The van der Waals surface area contributed by atoms with Gasteiger partial charge in [-0.05, 0) is 11.3 Å². The number of oxazole rings is 1. The molecule has 2 aromatic carbocycles. The van der Waals surface area contributed by atoms with Crippen molar-refractivity contribution in [2.24, 2.45) is 0 Å². The van der Waals surface area contributed by atoms with Crippen LogP contribution in [0, 0.1) is 26.0 Å². The molecule has 0 aliphatic carbocycles. The largest absolute Gasteiger partial charge is 1.00 e. The Morgan fingerprint density at radius 3 is 2.47 bits per heavy atom. The summed E-state index contributed by atoms with van der Waals surface area (Å²) in [5.74, 6) is 1.74. The molecule has 1 N–H and O–H groups in total. The van der Waals surface area contributed by atoms with Gasteiger partial charge in [0.1, 0.15) is 0 Å². The molecule has 3 rings (SSSR count). The quantitative estimate of drug-likeness (QED) is 0.411. The molecule has 0 bridgehead atoms. The number of aryl methyl sites for hydroxylation is 1. The minimum Gasteiger partial charge on any atom is -0.665 e. The molecule has 1 aromatic heterocycles. The minimum absolute atomic E-state index is 0. The Labute approximate surface area is 266 Å². The van der Waals surface area contributed by atoms with Gasteiger partial charge >= 0.3 is 58.2 Å². The minimum atomic E-state index is 0. The zero-order valence-corrected chi connectivity index (χ0v) is 27.9. The number of benzene rings is 2. The predicted octanol–water partition coefficient (Wildman–Crippen LogP) is 2.09. The van der Waals surface area contributed by atoms with Gasteiger partial charge in [0.2, 0.25) is 0 Å². The van der Waals surface area contributed by atoms with E-state index < -0.39 is 0 Å². The number of aromatic nitrogens is 1. The van der Waals surface area contributed by atoms with Crippen LogP contribution >= 0.6 is 0 Å². The fraction of sp³-hybridized carbons (Fsp3) is 0.130. The van der Waals surface area contributed by atoms with Gasteiger partial charge in [-0.25, -0.2) is 17.2 Å². The predicted molar refractivity (Wildman–Crippen MR) is 106 cm³/mol. The molecule has 0 fully saturated rings. The van der Waals surface area contributed by atoms with Crippen molar-refractivity contribution in [3.8, 4) is 11.5 Å². The summed E-state index contributed by atoms with van der Waals surface area (Å²) in [7, 11) is 0. The second kappa shape index (κ2) is 16.8. The van der Waals surface area contributed by atoms with Crippen molar-refractivity contribution >= 4 is 12.0 Å². The maximum Gasteiger partial charge on any atom is 1.00 e. The third-order valence-electron chi connectivity index (χ3n) is 4.17. The van der Waals surface area contributed by atoms with Gasteiger partial charge in [-0.2, -0.15) is 30.5 Å². The Morgan fingerprint density at radius 2 is 1.90 bits per heavy atom. The van der Waals surface area contributed by atoms with Gasteiger partial charge in [0.05, 0.1) is 5.89 Å². The first-order chi connectivity index (χ1) is 13.0. The molecule has 7 heteroatoms. The Kier molecular flexibility index (Phi) is 18.1. The molecule has 0 aliphatic rings. The van der Waals surface area contributed by atoms with E-state index in [1.165, 1.54) is 5.56 Å². The summed E-state index contributed by atoms with van der Waals surface area (Å²) < 4.78 is 5.48. The van der Waals surface area contributed by atoms with E-state index in [0.717, 1.165) is 33.9 Å². The van der Waals surface area contributed by atoms with Crippen molar-refractivity contribution in [1.82, 2.24) is 4.98 Å². The van der Waals surface area contributed by atoms with Crippen LogP contribution < -0.4 is 58.2 Å². The van der Waals surface area contributed by atoms with Gasteiger partial charge in [0.25, 0.3) is 0 Å². The summed E-state index contributed by atoms with van der Waals surface area (Å²) >= 11 is 0. The fourth-order valence-electron chi connectivity index (χ4n) is 2.52. The summed E-state index contributed by atoms with van der Waals surface area (Å²) in [6.45, 7) is 12.9. The average molecular weight is 720 g/mol. The average Bonchev–Trinajstić information content (AvgIpc) is 3.13. The third kappa shape index (κ3) is 9.76. The van der Waals surface area contributed by atoms with Crippen molar-refractivity contribution in [1.29, 1.82) is 0 Å². The Balaban J connectivity index is 0. The van der Waals surface area contributed by atoms with Crippen LogP contribution in [0.1, 0.15) is 29.3 Å². The van der Waals surface area contributed by atoms with Crippen LogP contribution in [0.15, 0.2) is 59.5 Å². The molecule has 0 saturated carbocycles. The zero-order chi connectivity index (χ0) is 19.8. The number of rotatable bonds is 5. The van der Waals surface area contributed by atoms with Crippen LogP contribution in [0.25, 0.3) is 17.0 Å². The molecule has 0 saturated heterocycles. The summed E-state index contributed by atoms with van der Waals surface area (Å²) in [6.07, 6.45) is 3.56. The zero-order valence-electron chi connectivity index (χ0n) is 17.4. The molecule has 0 atom stereocenters. The molecular weight excluding hydrogens is 699 g/mol. The second-order valence-electron chi connectivity index (χ2n) is 6.10. The van der Waals surface area contributed by atoms with E-state index in [-0.39, 0.29) is 111 Å². The van der Waals surface area contributed by atoms with E-state index in [4.69, 9.17) is 14.3 Å². The van der Waals surface area contributed by atoms with Crippen molar-refractivity contribution in [2.45, 2.75) is 20.3 Å². The first-order valence-electron chi connectivity index (χ1n) is 8.35. The van der Waals surface area contributed by atoms with Crippen molar-refractivity contribution in [3.63, 3.8) is 0 Å². The van der Waals surface area contributed by atoms with Gasteiger partial charge < -0.3 is 19.3 Å². The van der Waals surface area contributed by atoms with E-state index in [1.807, 2.05) is 30.3 Å². The topological polar surface area (TPSA) is 63.3 Å². The normalized spacial score (nSPS) is 8.87. The molecule has 0 aliphatic heterocycles. The summed E-state index contributed by atoms with van der Waals surface area (Å²) in [5, 5.41) is 6.76. The van der Waals surface area contributed by atoms with Gasteiger partial charge in [-0.3, -0.25) is 0 Å². The number of allylic oxidation sites excluding steroid dienone is 1. The van der Waals surface area contributed by atoms with Gasteiger partial charge in [0.15, 0.2) is 0 Å².